The molecule has 0 bridgehead atoms. The number of hydrogen-bond acceptors (Lipinski definition) is 4. The van der Waals surface area contributed by atoms with E-state index in [1.54, 1.807) is 6.07 Å². The zero-order chi connectivity index (χ0) is 18.2. The lowest BCUT2D eigenvalue weighted by atomic mass is 10.1. The van der Waals surface area contributed by atoms with Crippen LogP contribution >= 0.6 is 11.6 Å². The topological polar surface area (TPSA) is 60.7 Å². The van der Waals surface area contributed by atoms with Gasteiger partial charge in [-0.15, -0.1) is 0 Å². The van der Waals surface area contributed by atoms with Crippen molar-refractivity contribution in [2.24, 2.45) is 0 Å². The monoisotopic (exact) mass is 364 g/mol. The lowest BCUT2D eigenvalue weighted by Crippen LogP contribution is -2.23. The number of rotatable bonds is 8. The van der Waals surface area contributed by atoms with Gasteiger partial charge in [0.15, 0.2) is 0 Å². The average molecular weight is 365 g/mol. The van der Waals surface area contributed by atoms with E-state index in [9.17, 15) is 0 Å². The molecule has 2 N–H and O–H groups in total. The van der Waals surface area contributed by atoms with E-state index in [1.807, 2.05) is 30.6 Å². The molecule has 4 nitrogen and oxygen atoms in total. The number of benzene rings is 2. The van der Waals surface area contributed by atoms with Crippen molar-refractivity contribution in [1.82, 2.24) is 10.3 Å². The van der Waals surface area contributed by atoms with E-state index in [2.05, 4.69) is 39.9 Å². The molecule has 0 saturated heterocycles. The van der Waals surface area contributed by atoms with Crippen LogP contribution in [0, 0.1) is 11.3 Å². The Morgan fingerprint density at radius 3 is 2.77 bits per heavy atom. The normalized spacial score (nSPS) is 10.6. The largest absolute Gasteiger partial charge is 0.384 e. The summed E-state index contributed by atoms with van der Waals surface area (Å²) in [6, 6.07) is 16.1. The van der Waals surface area contributed by atoms with E-state index in [1.165, 1.54) is 10.9 Å². The van der Waals surface area contributed by atoms with Crippen molar-refractivity contribution in [2.45, 2.75) is 12.8 Å². The van der Waals surface area contributed by atoms with Crippen molar-refractivity contribution in [3.8, 4) is 6.07 Å². The first-order valence-corrected chi connectivity index (χ1v) is 9.11. The first-order valence-electron chi connectivity index (χ1n) is 8.73. The number of nitriles is 1. The molecule has 1 heterocycles. The van der Waals surface area contributed by atoms with Crippen molar-refractivity contribution in [2.75, 3.05) is 25.0 Å². The van der Waals surface area contributed by atoms with Crippen LogP contribution in [0.2, 0.25) is 5.02 Å². The molecule has 1 aromatic heterocycles. The van der Waals surface area contributed by atoms with Crippen LogP contribution in [-0.2, 0) is 6.42 Å². The highest BCUT2D eigenvalue weighted by Crippen LogP contribution is 2.18. The molecular weight excluding hydrogens is 344 g/mol. The zero-order valence-corrected chi connectivity index (χ0v) is 15.3. The first kappa shape index (κ1) is 18.2. The van der Waals surface area contributed by atoms with Gasteiger partial charge < -0.3 is 10.6 Å². The number of anilines is 1. The highest BCUT2D eigenvalue weighted by Gasteiger charge is 2.01. The third-order valence-corrected chi connectivity index (χ3v) is 4.56. The van der Waals surface area contributed by atoms with Crippen molar-refractivity contribution in [3.63, 3.8) is 0 Å². The van der Waals surface area contributed by atoms with Crippen molar-refractivity contribution in [1.29, 1.82) is 5.26 Å². The molecule has 0 unspecified atom stereocenters. The van der Waals surface area contributed by atoms with E-state index < -0.39 is 0 Å². The van der Waals surface area contributed by atoms with Gasteiger partial charge in [0, 0.05) is 36.6 Å². The number of aromatic nitrogens is 1. The molecule has 132 valence electrons. The highest BCUT2D eigenvalue weighted by molar-refractivity contribution is 6.31. The third kappa shape index (κ3) is 4.95. The van der Waals surface area contributed by atoms with Gasteiger partial charge in [0.2, 0.25) is 0 Å². The van der Waals surface area contributed by atoms with Crippen LogP contribution in [0.4, 0.5) is 5.69 Å². The number of nitrogens with zero attached hydrogens (tertiary/aromatic N) is 2. The summed E-state index contributed by atoms with van der Waals surface area (Å²) in [5.41, 5.74) is 2.82. The summed E-state index contributed by atoms with van der Waals surface area (Å²) in [7, 11) is 0. The Bertz CT molecular complexity index is 917. The number of hydrogen-bond donors (Lipinski definition) is 2. The Hall–Kier alpha value is -2.61. The Morgan fingerprint density at radius 2 is 1.92 bits per heavy atom. The molecule has 0 aliphatic carbocycles. The van der Waals surface area contributed by atoms with Crippen LogP contribution in [0.5, 0.6) is 0 Å². The first-order chi connectivity index (χ1) is 12.8. The summed E-state index contributed by atoms with van der Waals surface area (Å²) in [5.74, 6) is 0. The van der Waals surface area contributed by atoms with Crippen LogP contribution in [0.3, 0.4) is 0 Å². The predicted octanol–water partition coefficient (Wildman–Crippen LogP) is 4.39. The molecule has 0 radical (unpaired) electrons. The van der Waals surface area contributed by atoms with Gasteiger partial charge in [-0.1, -0.05) is 23.7 Å². The van der Waals surface area contributed by atoms with Gasteiger partial charge >= 0.3 is 0 Å². The van der Waals surface area contributed by atoms with Gasteiger partial charge in [0.05, 0.1) is 10.6 Å². The Labute approximate surface area is 158 Å². The molecule has 0 spiro atoms. The number of halogens is 1. The van der Waals surface area contributed by atoms with Crippen LogP contribution in [-0.4, -0.2) is 24.6 Å². The molecule has 2 aromatic carbocycles. The zero-order valence-electron chi connectivity index (χ0n) is 14.5. The van der Waals surface area contributed by atoms with Gasteiger partial charge in [-0.2, -0.15) is 5.26 Å². The lowest BCUT2D eigenvalue weighted by Gasteiger charge is -2.09. The maximum Gasteiger partial charge on any atom is 0.101 e. The molecule has 0 saturated carbocycles. The van der Waals surface area contributed by atoms with Crippen molar-refractivity contribution < 1.29 is 0 Å². The Kier molecular flexibility index (Phi) is 6.43. The second kappa shape index (κ2) is 9.19. The van der Waals surface area contributed by atoms with Gasteiger partial charge in [-0.05, 0) is 60.7 Å². The molecule has 0 fully saturated rings. The van der Waals surface area contributed by atoms with Crippen LogP contribution in [0.1, 0.15) is 17.5 Å². The summed E-state index contributed by atoms with van der Waals surface area (Å²) in [5, 5.41) is 18.6. The fraction of sp³-hybridized carbons (Fsp3) is 0.238. The number of nitrogens with one attached hydrogen (secondary N) is 2. The molecule has 0 amide bonds. The second-order valence-corrected chi connectivity index (χ2v) is 6.55. The quantitative estimate of drug-likeness (QED) is 0.582. The minimum absolute atomic E-state index is 0.532. The molecule has 3 rings (SSSR count). The number of fused-ring (bicyclic) bond motifs is 1. The smallest absolute Gasteiger partial charge is 0.101 e. The number of aryl methyl sites for hydroxylation is 1. The maximum absolute atomic E-state index is 8.89. The van der Waals surface area contributed by atoms with E-state index in [0.717, 1.165) is 43.5 Å². The van der Waals surface area contributed by atoms with E-state index in [4.69, 9.17) is 16.9 Å². The minimum atomic E-state index is 0.532. The number of pyridine rings is 1. The minimum Gasteiger partial charge on any atom is -0.384 e. The van der Waals surface area contributed by atoms with Crippen molar-refractivity contribution in [3.05, 3.63) is 71.0 Å². The SMILES string of the molecule is N#Cc1ccc(CCCNCCNc2ccc3cnccc3c2)cc1Cl. The van der Waals surface area contributed by atoms with Crippen LogP contribution in [0.25, 0.3) is 10.8 Å². The predicted molar refractivity (Wildman–Crippen MR) is 108 cm³/mol. The lowest BCUT2D eigenvalue weighted by molar-refractivity contribution is 0.661. The summed E-state index contributed by atoms with van der Waals surface area (Å²) in [4.78, 5) is 4.13. The third-order valence-electron chi connectivity index (χ3n) is 4.24. The summed E-state index contributed by atoms with van der Waals surface area (Å²) in [6.07, 6.45) is 5.67. The van der Waals surface area contributed by atoms with Crippen molar-refractivity contribution >= 4 is 28.1 Å². The summed E-state index contributed by atoms with van der Waals surface area (Å²) >= 11 is 6.06. The molecule has 0 aliphatic rings. The van der Waals surface area contributed by atoms with E-state index in [0.29, 0.717) is 10.6 Å². The molecule has 0 atom stereocenters. The van der Waals surface area contributed by atoms with Gasteiger partial charge in [0.25, 0.3) is 0 Å². The van der Waals surface area contributed by atoms with E-state index in [-0.39, 0.29) is 0 Å². The van der Waals surface area contributed by atoms with Gasteiger partial charge in [0.1, 0.15) is 6.07 Å². The maximum atomic E-state index is 8.89. The van der Waals surface area contributed by atoms with E-state index >= 15 is 0 Å². The van der Waals surface area contributed by atoms with Gasteiger partial charge in [-0.3, -0.25) is 4.98 Å². The summed E-state index contributed by atoms with van der Waals surface area (Å²) in [6.45, 7) is 2.73. The Morgan fingerprint density at radius 1 is 1.00 bits per heavy atom. The second-order valence-electron chi connectivity index (χ2n) is 6.14. The molecule has 0 aliphatic heterocycles. The fourth-order valence-corrected chi connectivity index (χ4v) is 3.08. The Balaban J connectivity index is 1.34. The average Bonchev–Trinajstić information content (AvgIpc) is 2.67. The fourth-order valence-electron chi connectivity index (χ4n) is 2.84. The molecule has 5 heteroatoms. The van der Waals surface area contributed by atoms with Crippen LogP contribution < -0.4 is 10.6 Å². The van der Waals surface area contributed by atoms with Gasteiger partial charge in [-0.25, -0.2) is 0 Å². The van der Waals surface area contributed by atoms with Crippen LogP contribution in [0.15, 0.2) is 54.9 Å². The highest BCUT2D eigenvalue weighted by atomic mass is 35.5. The molecule has 3 aromatic rings. The standard InChI is InChI=1S/C21H21ClN4/c22-21-12-16(3-4-18(21)14-23)2-1-8-24-10-11-26-20-6-5-19-15-25-9-7-17(19)13-20/h3-7,9,12-13,15,24,26H,1-2,8,10-11H2. The molecule has 26 heavy (non-hydrogen) atoms. The summed E-state index contributed by atoms with van der Waals surface area (Å²) < 4.78 is 0. The molecular formula is C21H21ClN4.